The molecule has 1 aromatic rings. The molecule has 0 heterocycles. The Morgan fingerprint density at radius 1 is 1.14 bits per heavy atom. The number of carbonyl (C=O) groups excluding carboxylic acids is 2. The molecule has 4 heteroatoms. The van der Waals surface area contributed by atoms with Crippen LogP contribution in [0.25, 0.3) is 0 Å². The molecule has 1 aromatic carbocycles. The third-order valence-electron chi connectivity index (χ3n) is 1.63. The molecule has 1 rings (SSSR count). The lowest BCUT2D eigenvalue weighted by Gasteiger charge is -2.02. The number of benzene rings is 1. The Balaban J connectivity index is 2.73. The third-order valence-corrected chi connectivity index (χ3v) is 1.63. The molecule has 74 valence electrons. The highest BCUT2D eigenvalue weighted by Crippen LogP contribution is 2.12. The first kappa shape index (κ1) is 10.2. The standard InChI is InChI=1S/C10H10O4/c1-7(11)8-3-5-9(6-4-8)14-10(12)13-2/h3-6H,1-2H3. The summed E-state index contributed by atoms with van der Waals surface area (Å²) < 4.78 is 9.03. The number of ketones is 1. The monoisotopic (exact) mass is 194 g/mol. The van der Waals surface area contributed by atoms with E-state index < -0.39 is 6.16 Å². The van der Waals surface area contributed by atoms with Crippen LogP contribution in [-0.4, -0.2) is 19.0 Å². The Morgan fingerprint density at radius 3 is 2.14 bits per heavy atom. The predicted molar refractivity (Wildman–Crippen MR) is 49.5 cm³/mol. The van der Waals surface area contributed by atoms with Gasteiger partial charge in [0.1, 0.15) is 5.75 Å². The second-order valence-electron chi connectivity index (χ2n) is 2.64. The van der Waals surface area contributed by atoms with Gasteiger partial charge in [-0.3, -0.25) is 4.79 Å². The van der Waals surface area contributed by atoms with Crippen molar-refractivity contribution in [2.24, 2.45) is 0 Å². The molecule has 14 heavy (non-hydrogen) atoms. The smallest absolute Gasteiger partial charge is 0.437 e. The fourth-order valence-electron chi connectivity index (χ4n) is 0.896. The van der Waals surface area contributed by atoms with Gasteiger partial charge in [-0.1, -0.05) is 0 Å². The lowest BCUT2D eigenvalue weighted by Crippen LogP contribution is -2.07. The van der Waals surface area contributed by atoms with Gasteiger partial charge in [0.25, 0.3) is 0 Å². The van der Waals surface area contributed by atoms with Crippen LogP contribution in [0.5, 0.6) is 5.75 Å². The van der Waals surface area contributed by atoms with Crippen molar-refractivity contribution < 1.29 is 19.1 Å². The van der Waals surface area contributed by atoms with E-state index in [1.807, 2.05) is 0 Å². The Bertz CT molecular complexity index is 340. The summed E-state index contributed by atoms with van der Waals surface area (Å²) >= 11 is 0. The molecule has 0 atom stereocenters. The van der Waals surface area contributed by atoms with E-state index in [-0.39, 0.29) is 5.78 Å². The molecule has 0 unspecified atom stereocenters. The van der Waals surface area contributed by atoms with E-state index in [4.69, 9.17) is 4.74 Å². The van der Waals surface area contributed by atoms with Crippen LogP contribution in [0.15, 0.2) is 24.3 Å². The predicted octanol–water partition coefficient (Wildman–Crippen LogP) is 2.03. The van der Waals surface area contributed by atoms with E-state index in [2.05, 4.69) is 4.74 Å². The largest absolute Gasteiger partial charge is 0.513 e. The van der Waals surface area contributed by atoms with Gasteiger partial charge in [-0.05, 0) is 31.2 Å². The minimum atomic E-state index is -0.777. The van der Waals surface area contributed by atoms with Crippen molar-refractivity contribution in [3.63, 3.8) is 0 Å². The van der Waals surface area contributed by atoms with Gasteiger partial charge in [0.2, 0.25) is 0 Å². The zero-order valence-electron chi connectivity index (χ0n) is 7.94. The molecule has 0 saturated heterocycles. The van der Waals surface area contributed by atoms with Gasteiger partial charge in [-0.15, -0.1) is 0 Å². The number of hydrogen-bond acceptors (Lipinski definition) is 4. The van der Waals surface area contributed by atoms with Crippen molar-refractivity contribution in [2.75, 3.05) is 7.11 Å². The zero-order valence-corrected chi connectivity index (χ0v) is 7.94. The number of carbonyl (C=O) groups is 2. The van der Waals surface area contributed by atoms with Gasteiger partial charge in [0.15, 0.2) is 5.78 Å². The first-order valence-corrected chi connectivity index (χ1v) is 4.00. The molecule has 0 aliphatic rings. The number of methoxy groups -OCH3 is 1. The summed E-state index contributed by atoms with van der Waals surface area (Å²) in [5.41, 5.74) is 0.571. The highest BCUT2D eigenvalue weighted by Gasteiger charge is 2.04. The van der Waals surface area contributed by atoms with Gasteiger partial charge in [0.05, 0.1) is 7.11 Å². The molecule has 0 radical (unpaired) electrons. The second-order valence-corrected chi connectivity index (χ2v) is 2.64. The molecule has 0 spiro atoms. The molecular formula is C10H10O4. The summed E-state index contributed by atoms with van der Waals surface area (Å²) in [6.45, 7) is 1.47. The molecule has 0 aliphatic heterocycles. The minimum Gasteiger partial charge on any atom is -0.437 e. The van der Waals surface area contributed by atoms with E-state index in [0.29, 0.717) is 11.3 Å². The molecular weight excluding hydrogens is 184 g/mol. The lowest BCUT2D eigenvalue weighted by atomic mass is 10.1. The summed E-state index contributed by atoms with van der Waals surface area (Å²) in [6.07, 6.45) is -0.777. The lowest BCUT2D eigenvalue weighted by molar-refractivity contribution is 0.101. The third kappa shape index (κ3) is 2.58. The molecule has 0 saturated carbocycles. The van der Waals surface area contributed by atoms with Crippen LogP contribution in [0.4, 0.5) is 4.79 Å². The maximum atomic E-state index is 10.9. The van der Waals surface area contributed by atoms with Crippen LogP contribution in [0.1, 0.15) is 17.3 Å². The number of hydrogen-bond donors (Lipinski definition) is 0. The fraction of sp³-hybridized carbons (Fsp3) is 0.200. The normalized spacial score (nSPS) is 9.29. The second kappa shape index (κ2) is 4.41. The van der Waals surface area contributed by atoms with Crippen molar-refractivity contribution in [2.45, 2.75) is 6.92 Å². The van der Waals surface area contributed by atoms with E-state index in [0.717, 1.165) is 0 Å². The van der Waals surface area contributed by atoms with Crippen molar-refractivity contribution in [1.82, 2.24) is 0 Å². The van der Waals surface area contributed by atoms with Crippen LogP contribution in [-0.2, 0) is 4.74 Å². The maximum absolute atomic E-state index is 10.9. The SMILES string of the molecule is COC(=O)Oc1ccc(C(C)=O)cc1. The first-order valence-electron chi connectivity index (χ1n) is 4.00. The summed E-state index contributed by atoms with van der Waals surface area (Å²) in [6, 6.07) is 6.24. The molecule has 0 fully saturated rings. The van der Waals surface area contributed by atoms with E-state index >= 15 is 0 Å². The molecule has 0 aromatic heterocycles. The average molecular weight is 194 g/mol. The van der Waals surface area contributed by atoms with Crippen LogP contribution < -0.4 is 4.74 Å². The fourth-order valence-corrected chi connectivity index (χ4v) is 0.896. The zero-order chi connectivity index (χ0) is 10.6. The van der Waals surface area contributed by atoms with Gasteiger partial charge >= 0.3 is 6.16 Å². The van der Waals surface area contributed by atoms with Crippen LogP contribution in [0.3, 0.4) is 0 Å². The van der Waals surface area contributed by atoms with Gasteiger partial charge < -0.3 is 9.47 Å². The molecule has 0 aliphatic carbocycles. The Morgan fingerprint density at radius 2 is 1.71 bits per heavy atom. The van der Waals surface area contributed by atoms with Crippen molar-refractivity contribution in [1.29, 1.82) is 0 Å². The van der Waals surface area contributed by atoms with E-state index in [1.54, 1.807) is 12.1 Å². The highest BCUT2D eigenvalue weighted by molar-refractivity contribution is 5.94. The quantitative estimate of drug-likeness (QED) is 0.410. The molecule has 0 N–H and O–H groups in total. The summed E-state index contributed by atoms with van der Waals surface area (Å²) in [4.78, 5) is 21.6. The van der Waals surface area contributed by atoms with Crippen LogP contribution in [0, 0.1) is 0 Å². The van der Waals surface area contributed by atoms with E-state index in [9.17, 15) is 9.59 Å². The summed E-state index contributed by atoms with van der Waals surface area (Å²) in [5.74, 6) is 0.316. The van der Waals surface area contributed by atoms with Crippen LogP contribution >= 0.6 is 0 Å². The average Bonchev–Trinajstić information content (AvgIpc) is 2.18. The van der Waals surface area contributed by atoms with Crippen molar-refractivity contribution >= 4 is 11.9 Å². The van der Waals surface area contributed by atoms with E-state index in [1.165, 1.54) is 26.2 Å². The topological polar surface area (TPSA) is 52.6 Å². The Kier molecular flexibility index (Phi) is 3.23. The highest BCUT2D eigenvalue weighted by atomic mass is 16.7. The molecule has 4 nitrogen and oxygen atoms in total. The molecule has 0 bridgehead atoms. The van der Waals surface area contributed by atoms with Gasteiger partial charge in [0, 0.05) is 5.56 Å². The Labute approximate surface area is 81.4 Å². The summed E-state index contributed by atoms with van der Waals surface area (Å²) in [7, 11) is 1.23. The first-order chi connectivity index (χ1) is 6.63. The van der Waals surface area contributed by atoms with Crippen molar-refractivity contribution in [3.05, 3.63) is 29.8 Å². The van der Waals surface area contributed by atoms with Crippen LogP contribution in [0.2, 0.25) is 0 Å². The maximum Gasteiger partial charge on any atom is 0.513 e. The van der Waals surface area contributed by atoms with Gasteiger partial charge in [-0.25, -0.2) is 4.79 Å². The van der Waals surface area contributed by atoms with Gasteiger partial charge in [-0.2, -0.15) is 0 Å². The Hall–Kier alpha value is -1.84. The number of ether oxygens (including phenoxy) is 2. The minimum absolute atomic E-state index is 0.0328. The number of rotatable bonds is 2. The summed E-state index contributed by atoms with van der Waals surface area (Å²) in [5, 5.41) is 0. The molecule has 0 amide bonds. The number of Topliss-reactive ketones (excluding diaryl/α,β-unsaturated/α-hetero) is 1. The van der Waals surface area contributed by atoms with Crippen molar-refractivity contribution in [3.8, 4) is 5.75 Å².